The summed E-state index contributed by atoms with van der Waals surface area (Å²) in [5.41, 5.74) is 0.748. The maximum absolute atomic E-state index is 10.7. The van der Waals surface area contributed by atoms with E-state index in [1.807, 2.05) is 0 Å². The lowest BCUT2D eigenvalue weighted by Crippen LogP contribution is -2.21. The molecule has 0 aliphatic carbocycles. The highest BCUT2D eigenvalue weighted by molar-refractivity contribution is 7.12. The lowest BCUT2D eigenvalue weighted by molar-refractivity contribution is 0.0702. The lowest BCUT2D eigenvalue weighted by Gasteiger charge is -2.00. The van der Waals surface area contributed by atoms with E-state index in [1.54, 1.807) is 5.38 Å². The predicted octanol–water partition coefficient (Wildman–Crippen LogP) is 1.30. The molecule has 5 nitrogen and oxygen atoms in total. The van der Waals surface area contributed by atoms with Gasteiger partial charge in [-0.15, -0.1) is 11.3 Å². The van der Waals surface area contributed by atoms with E-state index in [0.29, 0.717) is 0 Å². The summed E-state index contributed by atoms with van der Waals surface area (Å²) < 4.78 is 4.36. The van der Waals surface area contributed by atoms with Crippen molar-refractivity contribution in [2.45, 2.75) is 6.54 Å². The summed E-state index contributed by atoms with van der Waals surface area (Å²) in [5, 5.41) is 12.8. The normalized spacial score (nSPS) is 9.50. The van der Waals surface area contributed by atoms with E-state index in [0.717, 1.165) is 16.9 Å². The zero-order valence-corrected chi connectivity index (χ0v) is 8.26. The van der Waals surface area contributed by atoms with Crippen molar-refractivity contribution in [2.75, 3.05) is 7.11 Å². The molecule has 76 valence electrons. The van der Waals surface area contributed by atoms with E-state index in [-0.39, 0.29) is 11.4 Å². The maximum atomic E-state index is 10.7. The zero-order valence-electron chi connectivity index (χ0n) is 7.44. The van der Waals surface area contributed by atoms with E-state index in [1.165, 1.54) is 13.2 Å². The molecule has 1 aromatic heterocycles. The number of hydrogen-bond acceptors (Lipinski definition) is 4. The summed E-state index contributed by atoms with van der Waals surface area (Å²) in [5.74, 6) is -0.959. The van der Waals surface area contributed by atoms with Crippen molar-refractivity contribution in [3.05, 3.63) is 21.9 Å². The molecule has 0 spiro atoms. The second-order valence-corrected chi connectivity index (χ2v) is 3.38. The minimum Gasteiger partial charge on any atom is -0.477 e. The van der Waals surface area contributed by atoms with Crippen LogP contribution < -0.4 is 5.32 Å². The van der Waals surface area contributed by atoms with Gasteiger partial charge in [-0.05, 0) is 17.0 Å². The van der Waals surface area contributed by atoms with Gasteiger partial charge in [-0.2, -0.15) is 0 Å². The lowest BCUT2D eigenvalue weighted by atomic mass is 10.3. The number of alkyl carbamates (subject to hydrolysis) is 1. The van der Waals surface area contributed by atoms with Gasteiger partial charge >= 0.3 is 12.1 Å². The zero-order chi connectivity index (χ0) is 10.6. The van der Waals surface area contributed by atoms with Crippen molar-refractivity contribution < 1.29 is 19.4 Å². The monoisotopic (exact) mass is 215 g/mol. The predicted molar refractivity (Wildman–Crippen MR) is 50.5 cm³/mol. The molecule has 0 unspecified atom stereocenters. The molecule has 1 heterocycles. The number of ether oxygens (including phenoxy) is 1. The van der Waals surface area contributed by atoms with E-state index in [4.69, 9.17) is 5.11 Å². The first-order valence-electron chi connectivity index (χ1n) is 3.76. The quantitative estimate of drug-likeness (QED) is 0.796. The highest BCUT2D eigenvalue weighted by Gasteiger charge is 2.07. The van der Waals surface area contributed by atoms with E-state index in [9.17, 15) is 9.59 Å². The molecule has 14 heavy (non-hydrogen) atoms. The molecular formula is C8H9NO4S. The number of carbonyl (C=O) groups excluding carboxylic acids is 1. The fourth-order valence-corrected chi connectivity index (χ4v) is 1.58. The molecule has 0 saturated carbocycles. The summed E-state index contributed by atoms with van der Waals surface area (Å²) in [6.07, 6.45) is -0.534. The standard InChI is InChI=1S/C8H9NO4S/c1-13-8(12)9-3-5-2-6(7(10)11)14-4-5/h2,4H,3H2,1H3,(H,9,12)(H,10,11). The van der Waals surface area contributed by atoms with Gasteiger partial charge in [-0.3, -0.25) is 0 Å². The number of amides is 1. The summed E-state index contributed by atoms with van der Waals surface area (Å²) in [4.78, 5) is 21.4. The molecule has 0 atom stereocenters. The molecule has 0 aliphatic heterocycles. The van der Waals surface area contributed by atoms with Crippen molar-refractivity contribution in [2.24, 2.45) is 0 Å². The number of carbonyl (C=O) groups is 2. The Morgan fingerprint density at radius 1 is 1.64 bits per heavy atom. The van der Waals surface area contributed by atoms with Crippen LogP contribution in [0.2, 0.25) is 0 Å². The van der Waals surface area contributed by atoms with Crippen LogP contribution in [0.25, 0.3) is 0 Å². The fourth-order valence-electron chi connectivity index (χ4n) is 0.827. The minimum atomic E-state index is -0.959. The second-order valence-electron chi connectivity index (χ2n) is 2.47. The first kappa shape index (κ1) is 10.5. The van der Waals surface area contributed by atoms with Gasteiger partial charge in [-0.1, -0.05) is 0 Å². The second kappa shape index (κ2) is 4.61. The summed E-state index contributed by atoms with van der Waals surface area (Å²) in [7, 11) is 1.27. The molecule has 0 saturated heterocycles. The Kier molecular flexibility index (Phi) is 3.47. The van der Waals surface area contributed by atoms with Gasteiger partial charge in [0.15, 0.2) is 0 Å². The Morgan fingerprint density at radius 2 is 2.36 bits per heavy atom. The molecule has 0 bridgehead atoms. The number of carboxylic acids is 1. The van der Waals surface area contributed by atoms with Crippen LogP contribution in [0.5, 0.6) is 0 Å². The Labute approximate surface area is 84.3 Å². The van der Waals surface area contributed by atoms with Gasteiger partial charge in [0.1, 0.15) is 4.88 Å². The number of nitrogens with one attached hydrogen (secondary N) is 1. The summed E-state index contributed by atoms with van der Waals surface area (Å²) in [6.45, 7) is 0.274. The molecular weight excluding hydrogens is 206 g/mol. The molecule has 1 aromatic rings. The van der Waals surface area contributed by atoms with E-state index < -0.39 is 12.1 Å². The van der Waals surface area contributed by atoms with Crippen molar-refractivity contribution >= 4 is 23.4 Å². The molecule has 6 heteroatoms. The van der Waals surface area contributed by atoms with Crippen LogP contribution in [-0.4, -0.2) is 24.3 Å². The smallest absolute Gasteiger partial charge is 0.407 e. The van der Waals surface area contributed by atoms with E-state index >= 15 is 0 Å². The van der Waals surface area contributed by atoms with E-state index in [2.05, 4.69) is 10.1 Å². The first-order valence-corrected chi connectivity index (χ1v) is 4.64. The summed E-state index contributed by atoms with van der Waals surface area (Å²) >= 11 is 1.13. The Balaban J connectivity index is 2.52. The maximum Gasteiger partial charge on any atom is 0.407 e. The first-order chi connectivity index (χ1) is 6.63. The number of thiophene rings is 1. The number of methoxy groups -OCH3 is 1. The van der Waals surface area contributed by atoms with Crippen LogP contribution >= 0.6 is 11.3 Å². The average molecular weight is 215 g/mol. The highest BCUT2D eigenvalue weighted by atomic mass is 32.1. The third-order valence-electron chi connectivity index (χ3n) is 1.49. The molecule has 0 radical (unpaired) electrons. The molecule has 1 rings (SSSR count). The number of aromatic carboxylic acids is 1. The third-order valence-corrected chi connectivity index (χ3v) is 2.45. The van der Waals surface area contributed by atoms with Crippen LogP contribution in [0, 0.1) is 0 Å². The fraction of sp³-hybridized carbons (Fsp3) is 0.250. The van der Waals surface area contributed by atoms with Crippen molar-refractivity contribution in [1.29, 1.82) is 0 Å². The van der Waals surface area contributed by atoms with Crippen molar-refractivity contribution in [3.8, 4) is 0 Å². The Bertz CT molecular complexity index is 347. The van der Waals surface area contributed by atoms with Crippen LogP contribution in [0.1, 0.15) is 15.2 Å². The van der Waals surface area contributed by atoms with Gasteiger partial charge in [0.2, 0.25) is 0 Å². The van der Waals surface area contributed by atoms with Crippen LogP contribution in [0.15, 0.2) is 11.4 Å². The van der Waals surface area contributed by atoms with Gasteiger partial charge in [0.05, 0.1) is 7.11 Å². The van der Waals surface area contributed by atoms with Gasteiger partial charge in [0, 0.05) is 6.54 Å². The number of carboxylic acid groups (broad SMARTS) is 1. The largest absolute Gasteiger partial charge is 0.477 e. The SMILES string of the molecule is COC(=O)NCc1csc(C(=O)O)c1. The molecule has 1 amide bonds. The summed E-state index contributed by atoms with van der Waals surface area (Å²) in [6, 6.07) is 1.52. The molecule has 0 aliphatic rings. The Morgan fingerprint density at radius 3 is 2.86 bits per heavy atom. The van der Waals surface area contributed by atoms with Crippen LogP contribution in [-0.2, 0) is 11.3 Å². The number of hydrogen-bond donors (Lipinski definition) is 2. The third kappa shape index (κ3) is 2.74. The van der Waals surface area contributed by atoms with Gasteiger partial charge in [0.25, 0.3) is 0 Å². The van der Waals surface area contributed by atoms with Crippen LogP contribution in [0.3, 0.4) is 0 Å². The molecule has 2 N–H and O–H groups in total. The minimum absolute atomic E-state index is 0.256. The van der Waals surface area contributed by atoms with Gasteiger partial charge in [-0.25, -0.2) is 9.59 Å². The molecule has 0 fully saturated rings. The average Bonchev–Trinajstić information content (AvgIpc) is 2.62. The number of rotatable bonds is 3. The highest BCUT2D eigenvalue weighted by Crippen LogP contribution is 2.14. The topological polar surface area (TPSA) is 75.6 Å². The Hall–Kier alpha value is -1.56. The van der Waals surface area contributed by atoms with Gasteiger partial charge < -0.3 is 15.2 Å². The van der Waals surface area contributed by atoms with Crippen molar-refractivity contribution in [1.82, 2.24) is 5.32 Å². The van der Waals surface area contributed by atoms with Crippen LogP contribution in [0.4, 0.5) is 4.79 Å². The molecule has 0 aromatic carbocycles. The van der Waals surface area contributed by atoms with Crippen molar-refractivity contribution in [3.63, 3.8) is 0 Å².